The van der Waals surface area contributed by atoms with Crippen molar-refractivity contribution in [2.45, 2.75) is 4.90 Å². The Labute approximate surface area is 131 Å². The number of nitrogen functional groups attached to an aromatic ring is 1. The van der Waals surface area contributed by atoms with Crippen molar-refractivity contribution in [2.24, 2.45) is 0 Å². The van der Waals surface area contributed by atoms with E-state index in [2.05, 4.69) is 9.71 Å². The lowest BCUT2D eigenvalue weighted by molar-refractivity contribution is 0.601. The SMILES string of the molecule is N#Cc1ccc(Cl)c(NS(=O)(=O)c2cnc(N)c(Cl)c2)c1. The third-order valence-corrected chi connectivity index (χ3v) is 4.46. The lowest BCUT2D eigenvalue weighted by Crippen LogP contribution is -2.14. The molecule has 0 amide bonds. The first-order valence-electron chi connectivity index (χ1n) is 5.47. The zero-order valence-corrected chi connectivity index (χ0v) is 12.7. The van der Waals surface area contributed by atoms with Crippen LogP contribution in [0.15, 0.2) is 35.4 Å². The first-order chi connectivity index (χ1) is 9.83. The quantitative estimate of drug-likeness (QED) is 0.890. The highest BCUT2D eigenvalue weighted by Gasteiger charge is 2.18. The van der Waals surface area contributed by atoms with E-state index in [9.17, 15) is 8.42 Å². The van der Waals surface area contributed by atoms with Gasteiger partial charge in [-0.1, -0.05) is 23.2 Å². The summed E-state index contributed by atoms with van der Waals surface area (Å²) in [6.45, 7) is 0. The molecule has 0 radical (unpaired) electrons. The van der Waals surface area contributed by atoms with Gasteiger partial charge in [-0.25, -0.2) is 13.4 Å². The fourth-order valence-corrected chi connectivity index (χ4v) is 2.95. The Morgan fingerprint density at radius 1 is 1.24 bits per heavy atom. The summed E-state index contributed by atoms with van der Waals surface area (Å²) in [5, 5.41) is 9.01. The van der Waals surface area contributed by atoms with Crippen molar-refractivity contribution < 1.29 is 8.42 Å². The number of pyridine rings is 1. The Morgan fingerprint density at radius 3 is 2.57 bits per heavy atom. The van der Waals surface area contributed by atoms with Gasteiger partial charge in [-0.3, -0.25) is 4.72 Å². The van der Waals surface area contributed by atoms with Gasteiger partial charge in [0.1, 0.15) is 10.7 Å². The van der Waals surface area contributed by atoms with Crippen molar-refractivity contribution >= 4 is 44.7 Å². The van der Waals surface area contributed by atoms with Crippen LogP contribution in [0.4, 0.5) is 11.5 Å². The normalized spacial score (nSPS) is 10.9. The summed E-state index contributed by atoms with van der Waals surface area (Å²) in [4.78, 5) is 3.52. The number of nitriles is 1. The molecular weight excluding hydrogens is 335 g/mol. The Kier molecular flexibility index (Phi) is 4.23. The molecule has 0 bridgehead atoms. The predicted molar refractivity (Wildman–Crippen MR) is 80.6 cm³/mol. The molecule has 0 unspecified atom stereocenters. The van der Waals surface area contributed by atoms with Crippen molar-refractivity contribution in [3.63, 3.8) is 0 Å². The molecular formula is C12H8Cl2N4O2S. The number of aromatic nitrogens is 1. The molecule has 1 aromatic heterocycles. The van der Waals surface area contributed by atoms with Gasteiger partial charge >= 0.3 is 0 Å². The molecule has 0 saturated heterocycles. The van der Waals surface area contributed by atoms with Crippen LogP contribution in [0.2, 0.25) is 10.0 Å². The molecule has 6 nitrogen and oxygen atoms in total. The Balaban J connectivity index is 2.42. The minimum atomic E-state index is -3.95. The molecule has 1 aromatic carbocycles. The lowest BCUT2D eigenvalue weighted by Gasteiger charge is -2.10. The van der Waals surface area contributed by atoms with E-state index in [1.807, 2.05) is 6.07 Å². The molecule has 0 spiro atoms. The van der Waals surface area contributed by atoms with E-state index >= 15 is 0 Å². The Hall–Kier alpha value is -2.01. The molecule has 0 aliphatic carbocycles. The van der Waals surface area contributed by atoms with E-state index in [0.717, 1.165) is 6.20 Å². The van der Waals surface area contributed by atoms with Gasteiger partial charge < -0.3 is 5.73 Å². The molecule has 0 saturated carbocycles. The average molecular weight is 343 g/mol. The smallest absolute Gasteiger partial charge is 0.263 e. The molecule has 21 heavy (non-hydrogen) atoms. The number of sulfonamides is 1. The predicted octanol–water partition coefficient (Wildman–Crippen LogP) is 2.64. The minimum absolute atomic E-state index is 0.0229. The monoisotopic (exact) mass is 342 g/mol. The second kappa shape index (κ2) is 5.77. The maximum absolute atomic E-state index is 12.2. The van der Waals surface area contributed by atoms with Gasteiger partial charge in [0.15, 0.2) is 0 Å². The van der Waals surface area contributed by atoms with Gasteiger partial charge in [-0.05, 0) is 24.3 Å². The molecule has 1 heterocycles. The summed E-state index contributed by atoms with van der Waals surface area (Å²) < 4.78 is 26.7. The number of hydrogen-bond donors (Lipinski definition) is 2. The second-order valence-corrected chi connectivity index (χ2v) is 6.45. The van der Waals surface area contributed by atoms with Crippen LogP contribution in [-0.4, -0.2) is 13.4 Å². The third-order valence-electron chi connectivity index (χ3n) is 2.49. The molecule has 2 aromatic rings. The molecule has 3 N–H and O–H groups in total. The van der Waals surface area contributed by atoms with E-state index in [4.69, 9.17) is 34.2 Å². The lowest BCUT2D eigenvalue weighted by atomic mass is 10.2. The van der Waals surface area contributed by atoms with Crippen LogP contribution in [0.5, 0.6) is 0 Å². The van der Waals surface area contributed by atoms with E-state index < -0.39 is 10.0 Å². The summed E-state index contributed by atoms with van der Waals surface area (Å²) >= 11 is 11.7. The van der Waals surface area contributed by atoms with Crippen LogP contribution in [-0.2, 0) is 10.0 Å². The number of nitrogens with zero attached hydrogens (tertiary/aromatic N) is 2. The second-order valence-electron chi connectivity index (χ2n) is 3.95. The summed E-state index contributed by atoms with van der Waals surface area (Å²) in [7, 11) is -3.95. The van der Waals surface area contributed by atoms with Crippen LogP contribution < -0.4 is 10.5 Å². The first-order valence-corrected chi connectivity index (χ1v) is 7.71. The van der Waals surface area contributed by atoms with Crippen LogP contribution in [0, 0.1) is 11.3 Å². The zero-order chi connectivity index (χ0) is 15.6. The van der Waals surface area contributed by atoms with Gasteiger partial charge in [-0.15, -0.1) is 0 Å². The largest absolute Gasteiger partial charge is 0.382 e. The molecule has 0 fully saturated rings. The zero-order valence-electron chi connectivity index (χ0n) is 10.3. The number of anilines is 2. The molecule has 9 heteroatoms. The van der Waals surface area contributed by atoms with Gasteiger partial charge in [0.05, 0.1) is 27.4 Å². The number of hydrogen-bond acceptors (Lipinski definition) is 5. The number of nitrogens with one attached hydrogen (secondary N) is 1. The van der Waals surface area contributed by atoms with Gasteiger partial charge in [0.2, 0.25) is 0 Å². The van der Waals surface area contributed by atoms with Crippen molar-refractivity contribution in [2.75, 3.05) is 10.5 Å². The Morgan fingerprint density at radius 2 is 1.95 bits per heavy atom. The molecule has 2 rings (SSSR count). The van der Waals surface area contributed by atoms with E-state index in [1.54, 1.807) is 0 Å². The van der Waals surface area contributed by atoms with Crippen LogP contribution in [0.25, 0.3) is 0 Å². The van der Waals surface area contributed by atoms with Gasteiger partial charge in [0.25, 0.3) is 10.0 Å². The van der Waals surface area contributed by atoms with Crippen molar-refractivity contribution in [3.05, 3.63) is 46.1 Å². The standard InChI is InChI=1S/C12H8Cl2N4O2S/c13-9-2-1-7(5-15)3-11(9)18-21(19,20)8-4-10(14)12(16)17-6-8/h1-4,6,18H,(H2,16,17). The van der Waals surface area contributed by atoms with Crippen LogP contribution in [0.3, 0.4) is 0 Å². The third kappa shape index (κ3) is 3.36. The molecule has 0 aliphatic heterocycles. The highest BCUT2D eigenvalue weighted by Crippen LogP contribution is 2.27. The van der Waals surface area contributed by atoms with Crippen LogP contribution in [0.1, 0.15) is 5.56 Å². The maximum Gasteiger partial charge on any atom is 0.263 e. The minimum Gasteiger partial charge on any atom is -0.382 e. The molecule has 108 valence electrons. The highest BCUT2D eigenvalue weighted by molar-refractivity contribution is 7.92. The van der Waals surface area contributed by atoms with Crippen molar-refractivity contribution in [3.8, 4) is 6.07 Å². The van der Waals surface area contributed by atoms with Crippen molar-refractivity contribution in [1.82, 2.24) is 4.98 Å². The fourth-order valence-electron chi connectivity index (χ4n) is 1.45. The highest BCUT2D eigenvalue weighted by atomic mass is 35.5. The van der Waals surface area contributed by atoms with Crippen molar-refractivity contribution in [1.29, 1.82) is 5.26 Å². The van der Waals surface area contributed by atoms with Gasteiger partial charge in [-0.2, -0.15) is 5.26 Å². The molecule has 0 aliphatic rings. The number of benzene rings is 1. The van der Waals surface area contributed by atoms with E-state index in [0.29, 0.717) is 0 Å². The maximum atomic E-state index is 12.2. The summed E-state index contributed by atoms with van der Waals surface area (Å²) in [5.74, 6) is 0.0279. The topological polar surface area (TPSA) is 109 Å². The molecule has 0 atom stereocenters. The summed E-state index contributed by atoms with van der Waals surface area (Å²) in [5.41, 5.74) is 5.79. The number of halogens is 2. The van der Waals surface area contributed by atoms with E-state index in [-0.39, 0.29) is 32.0 Å². The number of nitrogens with two attached hydrogens (primary N) is 1. The summed E-state index contributed by atoms with van der Waals surface area (Å²) in [6.07, 6.45) is 1.07. The fraction of sp³-hybridized carbons (Fsp3) is 0. The average Bonchev–Trinajstić information content (AvgIpc) is 2.44. The van der Waals surface area contributed by atoms with E-state index in [1.165, 1.54) is 24.3 Å². The van der Waals surface area contributed by atoms with Gasteiger partial charge in [0, 0.05) is 6.20 Å². The first kappa shape index (κ1) is 15.4. The summed E-state index contributed by atoms with van der Waals surface area (Å²) in [6, 6.07) is 7.29. The Bertz CT molecular complexity index is 847. The number of rotatable bonds is 3. The van der Waals surface area contributed by atoms with Crippen LogP contribution >= 0.6 is 23.2 Å².